The Kier molecular flexibility index (Phi) is 11.1. The van der Waals surface area contributed by atoms with Crippen LogP contribution in [0.15, 0.2) is 66.7 Å². The van der Waals surface area contributed by atoms with E-state index >= 15 is 0 Å². The van der Waals surface area contributed by atoms with Crippen LogP contribution in [0.25, 0.3) is 0 Å². The van der Waals surface area contributed by atoms with Gasteiger partial charge in [0.2, 0.25) is 6.71 Å². The van der Waals surface area contributed by atoms with Crippen LogP contribution in [-0.4, -0.2) is 6.71 Å². The van der Waals surface area contributed by atoms with Gasteiger partial charge in [0.1, 0.15) is 0 Å². The van der Waals surface area contributed by atoms with Gasteiger partial charge in [0, 0.05) is 0 Å². The molecule has 0 aliphatic rings. The van der Waals surface area contributed by atoms with E-state index in [0.717, 1.165) is 0 Å². The lowest BCUT2D eigenvalue weighted by atomic mass is 9.34. The van der Waals surface area contributed by atoms with Crippen molar-refractivity contribution in [3.05, 3.63) is 106 Å². The number of rotatable bonds is 13. The highest BCUT2D eigenvalue weighted by Crippen LogP contribution is 2.40. The van der Waals surface area contributed by atoms with Gasteiger partial charge in [-0.15, -0.1) is 0 Å². The minimum atomic E-state index is 0.284. The molecule has 0 fully saturated rings. The molecule has 0 aromatic heterocycles. The fraction of sp³-hybridized carbons (Fsp3) is 0.487. The molecule has 3 unspecified atom stereocenters. The lowest BCUT2D eigenvalue weighted by molar-refractivity contribution is 0.222. The molecule has 0 spiro atoms. The first kappa shape index (κ1) is 32.0. The van der Waals surface area contributed by atoms with Gasteiger partial charge in [0.25, 0.3) is 0 Å². The van der Waals surface area contributed by atoms with Crippen LogP contribution in [0.5, 0.6) is 0 Å². The van der Waals surface area contributed by atoms with Crippen LogP contribution in [0.4, 0.5) is 0 Å². The van der Waals surface area contributed by atoms with E-state index in [1.165, 1.54) is 82.9 Å². The minimum Gasteiger partial charge on any atom is -0.0999 e. The summed E-state index contributed by atoms with van der Waals surface area (Å²) < 4.78 is 0. The molecule has 0 radical (unpaired) electrons. The quantitative estimate of drug-likeness (QED) is 0.151. The Morgan fingerprint density at radius 2 is 1.25 bits per heavy atom. The summed E-state index contributed by atoms with van der Waals surface area (Å²) in [7, 11) is 0. The second kappa shape index (κ2) is 13.9. The predicted molar refractivity (Wildman–Crippen MR) is 181 cm³/mol. The first-order valence-corrected chi connectivity index (χ1v) is 15.7. The van der Waals surface area contributed by atoms with Gasteiger partial charge in [0.15, 0.2) is 0 Å². The second-order valence-corrected chi connectivity index (χ2v) is 13.7. The molecular formula is C39H55B. The summed E-state index contributed by atoms with van der Waals surface area (Å²) >= 11 is 0. The Hall–Kier alpha value is -2.54. The second-order valence-electron chi connectivity index (χ2n) is 13.7. The Morgan fingerprint density at radius 3 is 1.70 bits per heavy atom. The van der Waals surface area contributed by atoms with Crippen molar-refractivity contribution < 1.29 is 0 Å². The zero-order chi connectivity index (χ0) is 29.6. The van der Waals surface area contributed by atoms with Crippen molar-refractivity contribution in [2.45, 2.75) is 114 Å². The summed E-state index contributed by atoms with van der Waals surface area (Å²) in [6.45, 7) is 28.1. The highest BCUT2D eigenvalue weighted by molar-refractivity contribution is 6.86. The van der Waals surface area contributed by atoms with Gasteiger partial charge in [-0.1, -0.05) is 151 Å². The fourth-order valence-corrected chi connectivity index (χ4v) is 7.43. The molecule has 0 saturated heterocycles. The van der Waals surface area contributed by atoms with Gasteiger partial charge in [0.05, 0.1) is 0 Å². The number of hydrogen-bond acceptors (Lipinski definition) is 0. The maximum Gasteiger partial charge on any atom is 0.210 e. The summed E-state index contributed by atoms with van der Waals surface area (Å²) in [6.07, 6.45) is 7.42. The molecule has 0 N–H and O–H groups in total. The van der Waals surface area contributed by atoms with E-state index < -0.39 is 0 Å². The highest BCUT2D eigenvalue weighted by atomic mass is 14.3. The Morgan fingerprint density at radius 1 is 0.775 bits per heavy atom. The van der Waals surface area contributed by atoms with Gasteiger partial charge in [-0.3, -0.25) is 0 Å². The van der Waals surface area contributed by atoms with Crippen LogP contribution in [0.1, 0.15) is 105 Å². The van der Waals surface area contributed by atoms with E-state index in [2.05, 4.69) is 130 Å². The largest absolute Gasteiger partial charge is 0.210 e. The topological polar surface area (TPSA) is 0 Å². The van der Waals surface area contributed by atoms with E-state index in [9.17, 15) is 0 Å². The molecule has 3 rings (SSSR count). The molecule has 0 aliphatic heterocycles. The molecule has 0 bridgehead atoms. The van der Waals surface area contributed by atoms with E-state index in [1.807, 2.05) is 0 Å². The molecule has 40 heavy (non-hydrogen) atoms. The molecule has 0 nitrogen and oxygen atoms in total. The minimum absolute atomic E-state index is 0.284. The molecule has 3 aromatic carbocycles. The van der Waals surface area contributed by atoms with Gasteiger partial charge in [-0.2, -0.15) is 0 Å². The van der Waals surface area contributed by atoms with Crippen molar-refractivity contribution in [3.8, 4) is 0 Å². The van der Waals surface area contributed by atoms with Crippen LogP contribution in [0.2, 0.25) is 6.32 Å². The van der Waals surface area contributed by atoms with Crippen molar-refractivity contribution in [2.24, 2.45) is 11.3 Å². The summed E-state index contributed by atoms with van der Waals surface area (Å²) in [5.41, 5.74) is 14.7. The molecule has 3 aromatic rings. The van der Waals surface area contributed by atoms with E-state index in [0.29, 0.717) is 18.5 Å². The van der Waals surface area contributed by atoms with E-state index in [-0.39, 0.29) is 5.41 Å². The normalized spacial score (nSPS) is 14.4. The highest BCUT2D eigenvalue weighted by Gasteiger charge is 2.32. The molecule has 0 amide bonds. The van der Waals surface area contributed by atoms with Gasteiger partial charge in [-0.25, -0.2) is 0 Å². The Balaban J connectivity index is 1.93. The standard InChI is InChI=1S/C39H55B/c1-27(2)35(10)26-39(11,19-15-16-30(5)36-17-13-12-14-18-36)20-21-40(37-31(6)22-28(3)23-32(37)7)38-33(8)24-29(4)25-34(38)9/h12-14,17-18,22-25,30,35H,1,15-16,19-21,26H2,2-11H3. The molecule has 0 aliphatic carbocycles. The van der Waals surface area contributed by atoms with Crippen molar-refractivity contribution >= 4 is 17.6 Å². The summed E-state index contributed by atoms with van der Waals surface area (Å²) in [4.78, 5) is 0. The predicted octanol–water partition coefficient (Wildman–Crippen LogP) is 10.1. The Bertz CT molecular complexity index is 1180. The fourth-order valence-electron chi connectivity index (χ4n) is 7.43. The zero-order valence-electron chi connectivity index (χ0n) is 27.4. The average molecular weight is 535 g/mol. The first-order valence-electron chi connectivity index (χ1n) is 15.7. The van der Waals surface area contributed by atoms with Crippen LogP contribution >= 0.6 is 0 Å². The summed E-state index contributed by atoms with van der Waals surface area (Å²) in [6, 6.07) is 20.6. The molecule has 0 heterocycles. The SMILES string of the molecule is C=C(C)C(C)CC(C)(CCCC(C)c1ccccc1)CCB(c1c(C)cc(C)cc1C)c1c(C)cc(C)cc1C. The van der Waals surface area contributed by atoms with Crippen molar-refractivity contribution in [1.29, 1.82) is 0 Å². The number of hydrogen-bond donors (Lipinski definition) is 0. The molecule has 214 valence electrons. The summed E-state index contributed by atoms with van der Waals surface area (Å²) in [5, 5.41) is 0. The van der Waals surface area contributed by atoms with E-state index in [1.54, 1.807) is 10.9 Å². The maximum absolute atomic E-state index is 4.34. The molecule has 1 heteroatoms. The zero-order valence-corrected chi connectivity index (χ0v) is 27.4. The molecule has 0 saturated carbocycles. The average Bonchev–Trinajstić information content (AvgIpc) is 2.86. The van der Waals surface area contributed by atoms with Crippen LogP contribution in [-0.2, 0) is 0 Å². The van der Waals surface area contributed by atoms with Gasteiger partial charge >= 0.3 is 0 Å². The van der Waals surface area contributed by atoms with Gasteiger partial charge < -0.3 is 0 Å². The molecule has 3 atom stereocenters. The summed E-state index contributed by atoms with van der Waals surface area (Å²) in [5.74, 6) is 1.15. The van der Waals surface area contributed by atoms with E-state index in [4.69, 9.17) is 0 Å². The van der Waals surface area contributed by atoms with Crippen LogP contribution < -0.4 is 10.9 Å². The third-order valence-corrected chi connectivity index (χ3v) is 9.64. The first-order chi connectivity index (χ1) is 18.8. The van der Waals surface area contributed by atoms with Crippen LogP contribution in [0, 0.1) is 52.9 Å². The smallest absolute Gasteiger partial charge is 0.0999 e. The lowest BCUT2D eigenvalue weighted by Gasteiger charge is -2.35. The Labute approximate surface area is 247 Å². The number of aryl methyl sites for hydroxylation is 6. The van der Waals surface area contributed by atoms with Crippen molar-refractivity contribution in [2.75, 3.05) is 0 Å². The monoisotopic (exact) mass is 534 g/mol. The lowest BCUT2D eigenvalue weighted by Crippen LogP contribution is -2.48. The third-order valence-electron chi connectivity index (χ3n) is 9.64. The number of allylic oxidation sites excluding steroid dienone is 1. The third kappa shape index (κ3) is 8.25. The van der Waals surface area contributed by atoms with Gasteiger partial charge in [-0.05, 0) is 90.5 Å². The molecular weight excluding hydrogens is 479 g/mol. The number of benzene rings is 3. The van der Waals surface area contributed by atoms with Crippen LogP contribution in [0.3, 0.4) is 0 Å². The van der Waals surface area contributed by atoms with Crippen molar-refractivity contribution in [1.82, 2.24) is 0 Å². The maximum atomic E-state index is 4.34. The van der Waals surface area contributed by atoms with Crippen molar-refractivity contribution in [3.63, 3.8) is 0 Å².